The van der Waals surface area contributed by atoms with Crippen molar-refractivity contribution in [3.8, 4) is 0 Å². The minimum Gasteiger partial charge on any atom is -0.370 e. The second kappa shape index (κ2) is 6.57. The minimum absolute atomic E-state index is 0.0405. The third-order valence-corrected chi connectivity index (χ3v) is 3.06. The van der Waals surface area contributed by atoms with Gasteiger partial charge in [0.2, 0.25) is 5.91 Å². The first-order valence-corrected chi connectivity index (χ1v) is 5.94. The Hall–Kier alpha value is -0.980. The SMILES string of the molecule is Cc1ncsc1CN(C)C(=O)COCCN. The average Bonchev–Trinajstić information content (AvgIpc) is 2.64. The zero-order chi connectivity index (χ0) is 12.0. The molecule has 0 atom stereocenters. The van der Waals surface area contributed by atoms with E-state index in [9.17, 15) is 4.79 Å². The van der Waals surface area contributed by atoms with Gasteiger partial charge in [0.25, 0.3) is 0 Å². The lowest BCUT2D eigenvalue weighted by Gasteiger charge is -2.16. The van der Waals surface area contributed by atoms with Gasteiger partial charge in [0.05, 0.1) is 24.4 Å². The average molecular weight is 243 g/mol. The lowest BCUT2D eigenvalue weighted by molar-refractivity contribution is -0.135. The van der Waals surface area contributed by atoms with E-state index in [0.29, 0.717) is 19.7 Å². The molecular weight excluding hydrogens is 226 g/mol. The van der Waals surface area contributed by atoms with Crippen LogP contribution in [0.2, 0.25) is 0 Å². The lowest BCUT2D eigenvalue weighted by Crippen LogP contribution is -2.30. The van der Waals surface area contributed by atoms with Gasteiger partial charge in [0.15, 0.2) is 0 Å². The van der Waals surface area contributed by atoms with Crippen LogP contribution in [0.4, 0.5) is 0 Å². The van der Waals surface area contributed by atoms with Crippen molar-refractivity contribution in [3.63, 3.8) is 0 Å². The van der Waals surface area contributed by atoms with Crippen molar-refractivity contribution in [1.29, 1.82) is 0 Å². The third-order valence-electron chi connectivity index (χ3n) is 2.14. The van der Waals surface area contributed by atoms with E-state index in [4.69, 9.17) is 10.5 Å². The van der Waals surface area contributed by atoms with Crippen LogP contribution in [-0.2, 0) is 16.1 Å². The van der Waals surface area contributed by atoms with E-state index >= 15 is 0 Å². The van der Waals surface area contributed by atoms with Gasteiger partial charge in [0, 0.05) is 18.5 Å². The largest absolute Gasteiger partial charge is 0.370 e. The Bertz CT molecular complexity index is 341. The van der Waals surface area contributed by atoms with Crippen molar-refractivity contribution in [2.75, 3.05) is 26.8 Å². The van der Waals surface area contributed by atoms with E-state index in [-0.39, 0.29) is 12.5 Å². The van der Waals surface area contributed by atoms with E-state index in [1.165, 1.54) is 0 Å². The number of ether oxygens (including phenoxy) is 1. The van der Waals surface area contributed by atoms with Gasteiger partial charge < -0.3 is 15.4 Å². The molecule has 0 radical (unpaired) electrons. The number of hydrogen-bond donors (Lipinski definition) is 1. The fourth-order valence-electron chi connectivity index (χ4n) is 1.13. The van der Waals surface area contributed by atoms with Crippen molar-refractivity contribution < 1.29 is 9.53 Å². The third kappa shape index (κ3) is 3.88. The van der Waals surface area contributed by atoms with E-state index in [2.05, 4.69) is 4.98 Å². The van der Waals surface area contributed by atoms with Gasteiger partial charge in [-0.15, -0.1) is 11.3 Å². The van der Waals surface area contributed by atoms with Crippen LogP contribution in [0, 0.1) is 6.92 Å². The molecule has 0 aromatic carbocycles. The zero-order valence-corrected chi connectivity index (χ0v) is 10.4. The van der Waals surface area contributed by atoms with Crippen molar-refractivity contribution in [1.82, 2.24) is 9.88 Å². The fraction of sp³-hybridized carbons (Fsp3) is 0.600. The first kappa shape index (κ1) is 13.1. The smallest absolute Gasteiger partial charge is 0.248 e. The molecule has 1 amide bonds. The van der Waals surface area contributed by atoms with Crippen LogP contribution < -0.4 is 5.73 Å². The Labute approximate surface area is 99.2 Å². The number of likely N-dealkylation sites (N-methyl/N-ethyl adjacent to an activating group) is 1. The second-order valence-corrected chi connectivity index (χ2v) is 4.39. The van der Waals surface area contributed by atoms with E-state index < -0.39 is 0 Å². The monoisotopic (exact) mass is 243 g/mol. The normalized spacial score (nSPS) is 10.4. The standard InChI is InChI=1S/C10H17N3O2S/c1-8-9(16-7-12-8)5-13(2)10(14)6-15-4-3-11/h7H,3-6,11H2,1-2H3. The molecule has 0 unspecified atom stereocenters. The van der Waals surface area contributed by atoms with Gasteiger partial charge in [0.1, 0.15) is 6.61 Å². The molecule has 5 nitrogen and oxygen atoms in total. The van der Waals surface area contributed by atoms with Crippen molar-refractivity contribution in [3.05, 3.63) is 16.1 Å². The van der Waals surface area contributed by atoms with Gasteiger partial charge in [-0.2, -0.15) is 0 Å². The Balaban J connectivity index is 2.37. The number of nitrogens with two attached hydrogens (primary N) is 1. The summed E-state index contributed by atoms with van der Waals surface area (Å²) in [6.07, 6.45) is 0. The predicted molar refractivity (Wildman–Crippen MR) is 63.2 cm³/mol. The summed E-state index contributed by atoms with van der Waals surface area (Å²) in [7, 11) is 1.76. The summed E-state index contributed by atoms with van der Waals surface area (Å²) < 4.78 is 5.09. The summed E-state index contributed by atoms with van der Waals surface area (Å²) in [5.41, 5.74) is 8.03. The summed E-state index contributed by atoms with van der Waals surface area (Å²) in [5, 5.41) is 0. The highest BCUT2D eigenvalue weighted by Gasteiger charge is 2.11. The molecule has 90 valence electrons. The number of carbonyl (C=O) groups is 1. The maximum Gasteiger partial charge on any atom is 0.248 e. The molecule has 6 heteroatoms. The van der Waals surface area contributed by atoms with Crippen LogP contribution in [0.25, 0.3) is 0 Å². The van der Waals surface area contributed by atoms with E-state index in [1.54, 1.807) is 28.8 Å². The molecule has 1 rings (SSSR count). The molecule has 0 aliphatic rings. The summed E-state index contributed by atoms with van der Waals surface area (Å²) >= 11 is 1.56. The summed E-state index contributed by atoms with van der Waals surface area (Å²) in [4.78, 5) is 18.5. The van der Waals surface area contributed by atoms with Gasteiger partial charge in [-0.05, 0) is 6.92 Å². The maximum absolute atomic E-state index is 11.6. The molecule has 16 heavy (non-hydrogen) atoms. The quantitative estimate of drug-likeness (QED) is 0.734. The molecule has 1 aromatic rings. The number of nitrogens with zero attached hydrogens (tertiary/aromatic N) is 2. The summed E-state index contributed by atoms with van der Waals surface area (Å²) in [6, 6.07) is 0. The maximum atomic E-state index is 11.6. The molecule has 0 aliphatic heterocycles. The number of rotatable bonds is 6. The van der Waals surface area contributed by atoms with Gasteiger partial charge in [-0.3, -0.25) is 4.79 Å². The summed E-state index contributed by atoms with van der Waals surface area (Å²) in [5.74, 6) is -0.0405. The van der Waals surface area contributed by atoms with Crippen LogP contribution in [-0.4, -0.2) is 42.6 Å². The molecule has 0 aliphatic carbocycles. The van der Waals surface area contributed by atoms with Gasteiger partial charge in [-0.1, -0.05) is 0 Å². The number of thiazole rings is 1. The van der Waals surface area contributed by atoms with E-state index in [1.807, 2.05) is 6.92 Å². The molecule has 0 spiro atoms. The highest BCUT2D eigenvalue weighted by molar-refractivity contribution is 7.09. The number of amides is 1. The molecule has 1 heterocycles. The predicted octanol–water partition coefficient (Wildman–Crippen LogP) is 0.385. The first-order valence-electron chi connectivity index (χ1n) is 5.06. The molecule has 0 saturated carbocycles. The molecular formula is C10H17N3O2S. The zero-order valence-electron chi connectivity index (χ0n) is 9.60. The van der Waals surface area contributed by atoms with Crippen LogP contribution in [0.3, 0.4) is 0 Å². The first-order chi connectivity index (χ1) is 7.65. The number of aromatic nitrogens is 1. The van der Waals surface area contributed by atoms with E-state index in [0.717, 1.165) is 10.6 Å². The Morgan fingerprint density at radius 1 is 1.69 bits per heavy atom. The minimum atomic E-state index is -0.0405. The summed E-state index contributed by atoms with van der Waals surface area (Å²) in [6.45, 7) is 3.46. The Morgan fingerprint density at radius 3 is 3.00 bits per heavy atom. The van der Waals surface area contributed by atoms with Crippen LogP contribution in [0.1, 0.15) is 10.6 Å². The second-order valence-electron chi connectivity index (χ2n) is 3.45. The highest BCUT2D eigenvalue weighted by Crippen LogP contribution is 2.14. The fourth-order valence-corrected chi connectivity index (χ4v) is 1.96. The van der Waals surface area contributed by atoms with Crippen LogP contribution >= 0.6 is 11.3 Å². The van der Waals surface area contributed by atoms with Crippen LogP contribution in [0.15, 0.2) is 5.51 Å². The number of hydrogen-bond acceptors (Lipinski definition) is 5. The van der Waals surface area contributed by atoms with Crippen molar-refractivity contribution in [2.45, 2.75) is 13.5 Å². The molecule has 0 fully saturated rings. The van der Waals surface area contributed by atoms with Crippen LogP contribution in [0.5, 0.6) is 0 Å². The number of carbonyl (C=O) groups excluding carboxylic acids is 1. The van der Waals surface area contributed by atoms with Crippen molar-refractivity contribution in [2.24, 2.45) is 5.73 Å². The topological polar surface area (TPSA) is 68.5 Å². The molecule has 1 aromatic heterocycles. The number of aryl methyl sites for hydroxylation is 1. The molecule has 0 bridgehead atoms. The molecule has 0 saturated heterocycles. The van der Waals surface area contributed by atoms with Gasteiger partial charge >= 0.3 is 0 Å². The lowest BCUT2D eigenvalue weighted by atomic mass is 10.3. The van der Waals surface area contributed by atoms with Crippen molar-refractivity contribution >= 4 is 17.2 Å². The molecule has 2 N–H and O–H groups in total. The van der Waals surface area contributed by atoms with Gasteiger partial charge in [-0.25, -0.2) is 4.98 Å². The Morgan fingerprint density at radius 2 is 2.44 bits per heavy atom. The Kier molecular flexibility index (Phi) is 5.37. The highest BCUT2D eigenvalue weighted by atomic mass is 32.1.